The highest BCUT2D eigenvalue weighted by Crippen LogP contribution is 2.42. The molecule has 9 aromatic rings. The number of aromatic hydroxyl groups is 6. The van der Waals surface area contributed by atoms with Crippen LogP contribution in [0, 0.1) is 0 Å². The summed E-state index contributed by atoms with van der Waals surface area (Å²) in [6.45, 7) is 25.1. The van der Waals surface area contributed by atoms with Crippen LogP contribution in [0.3, 0.4) is 0 Å². The van der Waals surface area contributed by atoms with Crippen LogP contribution >= 0.6 is 0 Å². The molecule has 3 aromatic heterocycles. The lowest BCUT2D eigenvalue weighted by atomic mass is 9.98. The summed E-state index contributed by atoms with van der Waals surface area (Å²) in [5.41, 5.74) is 13.8. The van der Waals surface area contributed by atoms with Crippen LogP contribution < -0.4 is 21.7 Å². The van der Waals surface area contributed by atoms with Crippen molar-refractivity contribution in [2.45, 2.75) is 170 Å². The number of rotatable bonds is 35. The van der Waals surface area contributed by atoms with Crippen LogP contribution in [-0.4, -0.2) is 255 Å². The molecule has 0 bridgehead atoms. The zero-order valence-corrected chi connectivity index (χ0v) is 71.4. The predicted octanol–water partition coefficient (Wildman–Crippen LogP) is 8.96. The van der Waals surface area contributed by atoms with Crippen LogP contribution in [0.4, 0.5) is 0 Å². The summed E-state index contributed by atoms with van der Waals surface area (Å²) in [4.78, 5) is 122. The number of hydrogen-bond acceptors (Lipinski definition) is 24. The van der Waals surface area contributed by atoms with Gasteiger partial charge in [-0.3, -0.25) is 66.8 Å². The normalized spacial score (nSPS) is 14.8. The number of carbonyl (C=O) groups is 8. The zero-order chi connectivity index (χ0) is 88.0. The highest BCUT2D eigenvalue weighted by atomic mass is 16.3. The van der Waals surface area contributed by atoms with E-state index in [1.54, 1.807) is 60.4 Å². The maximum atomic E-state index is 14.4. The number of carbonyl (C=O) groups excluding carboxylic acids is 8. The van der Waals surface area contributed by atoms with Crippen LogP contribution in [0.25, 0.3) is 51.2 Å². The Morgan fingerprint density at radius 2 is 0.715 bits per heavy atom. The number of piperazine rings is 3. The summed E-state index contributed by atoms with van der Waals surface area (Å²) < 4.78 is 4.78. The van der Waals surface area contributed by atoms with E-state index in [2.05, 4.69) is 61.2 Å². The molecule has 0 spiro atoms. The Hall–Kier alpha value is -12.5. The molecule has 0 aliphatic carbocycles. The van der Waals surface area contributed by atoms with E-state index in [9.17, 15) is 69.0 Å². The van der Waals surface area contributed by atoms with Gasteiger partial charge >= 0.3 is 0 Å². The number of ketones is 2. The second-order valence-corrected chi connectivity index (χ2v) is 32.7. The molecule has 123 heavy (non-hydrogen) atoms. The first kappa shape index (κ1) is 89.8. The molecular weight excluding hydrogens is 1570 g/mol. The van der Waals surface area contributed by atoms with Crippen LogP contribution in [-0.2, 0) is 43.6 Å². The van der Waals surface area contributed by atoms with E-state index in [0.717, 1.165) is 16.7 Å². The Morgan fingerprint density at radius 1 is 0.390 bits per heavy atom. The smallest absolute Gasteiger partial charge is 0.289 e. The molecule has 12 rings (SSSR count). The van der Waals surface area contributed by atoms with Gasteiger partial charge in [-0.2, -0.15) is 0 Å². The Labute approximate surface area is 714 Å². The summed E-state index contributed by atoms with van der Waals surface area (Å²) in [6.07, 6.45) is 0.840. The standard InChI is InChI=1S/C90H113N19O14/c1-10-14-72(111)85-98-95-82(66-45-63(54(4)5)73(112)48-76(66)115)107(85)60-23-17-57(18-24-60)51-103-37-43-106(44-38-103)81(120)32-30-70(71(110)15-13-16-79(118)104-39-33-101(34-40-104)52-58-19-25-61(26-20-58)108-83(96-99-86(108)89(122)92-11-2)67-46-64(55(6)7)74(113)49-77(67)116)94-88(121)69(91)29-31-80(119)105-41-35-102(36-42-105)53-59-21-27-62(28-22-59)109-84(97-100-87(109)90(123)93-12-3)68-47-65(56(8)9)75(114)50-78(68)117/h17-28,45-50,54-56,69-70,112-117H,10-16,29-44,51-53,91H2,1-9H3,(H,92,122)(H,93,123)(H,94,121)/t69-,70-/m1/s1. The Balaban J connectivity index is 0.650. The maximum absolute atomic E-state index is 14.4. The third-order valence-electron chi connectivity index (χ3n) is 23.0. The van der Waals surface area contributed by atoms with Gasteiger partial charge in [-0.05, 0) is 145 Å². The average Bonchev–Trinajstić information content (AvgIpc) is 1.66. The SMILES string of the molecule is CCCC(=O)c1nnc(-c2cc(C(C)C)c(O)cc2O)n1-c1ccc(CN2CCN(C(=O)CC[C@@H](NC(=O)[C@H](N)CCC(=O)N3CCN(Cc4ccc(-n5c(C(=O)NCC)nnc5-c5cc(C(C)C)c(O)cc5O)cc4)CC3)C(=O)CCCC(=O)N3CCN(Cc4ccc(-n5c(C(=O)NCC)nnc5-c5cc(C(C)C)c(O)cc5O)cc4)CC3)CC2)cc1. The average molecular weight is 1690 g/mol. The first-order chi connectivity index (χ1) is 59.0. The van der Waals surface area contributed by atoms with Crippen molar-refractivity contribution >= 4 is 47.0 Å². The van der Waals surface area contributed by atoms with Gasteiger partial charge in [-0.1, -0.05) is 84.9 Å². The molecule has 3 aliphatic rings. The van der Waals surface area contributed by atoms with Crippen LogP contribution in [0.2, 0.25) is 0 Å². The third kappa shape index (κ3) is 21.4. The fourth-order valence-corrected chi connectivity index (χ4v) is 15.9. The fraction of sp³-hybridized carbons (Fsp3) is 0.444. The lowest BCUT2D eigenvalue weighted by Gasteiger charge is -2.35. The number of nitrogens with two attached hydrogens (primary N) is 1. The summed E-state index contributed by atoms with van der Waals surface area (Å²) in [5, 5.41) is 99.2. The maximum Gasteiger partial charge on any atom is 0.289 e. The molecule has 0 unspecified atom stereocenters. The molecule has 652 valence electrons. The van der Waals surface area contributed by atoms with Crippen molar-refractivity contribution < 1.29 is 69.0 Å². The third-order valence-corrected chi connectivity index (χ3v) is 23.0. The summed E-state index contributed by atoms with van der Waals surface area (Å²) in [6, 6.07) is 29.2. The Bertz CT molecular complexity index is 5290. The quantitative estimate of drug-likeness (QED) is 0.0166. The number of benzene rings is 6. The molecule has 3 saturated heterocycles. The van der Waals surface area contributed by atoms with Gasteiger partial charge in [-0.25, -0.2) is 0 Å². The van der Waals surface area contributed by atoms with Gasteiger partial charge in [0.2, 0.25) is 46.9 Å². The van der Waals surface area contributed by atoms with E-state index in [1.807, 2.05) is 121 Å². The second kappa shape index (κ2) is 40.5. The zero-order valence-electron chi connectivity index (χ0n) is 71.4. The molecule has 11 N–H and O–H groups in total. The highest BCUT2D eigenvalue weighted by molar-refractivity contribution is 5.95. The van der Waals surface area contributed by atoms with Crippen molar-refractivity contribution in [1.29, 1.82) is 0 Å². The van der Waals surface area contributed by atoms with Crippen molar-refractivity contribution in [2.24, 2.45) is 5.73 Å². The number of amides is 6. The number of nitrogens with one attached hydrogen (secondary N) is 3. The Morgan fingerprint density at radius 3 is 1.05 bits per heavy atom. The molecule has 33 heteroatoms. The fourth-order valence-electron chi connectivity index (χ4n) is 15.9. The van der Waals surface area contributed by atoms with E-state index >= 15 is 0 Å². The van der Waals surface area contributed by atoms with Gasteiger partial charge < -0.3 is 67.0 Å². The van der Waals surface area contributed by atoms with Gasteiger partial charge in [0.25, 0.3) is 11.8 Å². The minimum Gasteiger partial charge on any atom is -0.508 e. The summed E-state index contributed by atoms with van der Waals surface area (Å²) in [7, 11) is 0. The number of phenols is 6. The van der Waals surface area contributed by atoms with Gasteiger partial charge in [0.15, 0.2) is 23.3 Å². The summed E-state index contributed by atoms with van der Waals surface area (Å²) in [5.74, 6) is -2.94. The van der Waals surface area contributed by atoms with Crippen LogP contribution in [0.5, 0.6) is 34.5 Å². The van der Waals surface area contributed by atoms with Crippen molar-refractivity contribution in [3.63, 3.8) is 0 Å². The first-order valence-corrected chi connectivity index (χ1v) is 42.5. The van der Waals surface area contributed by atoms with Gasteiger partial charge in [0.1, 0.15) is 34.5 Å². The highest BCUT2D eigenvalue weighted by Gasteiger charge is 2.33. The lowest BCUT2D eigenvalue weighted by Crippen LogP contribution is -2.51. The van der Waals surface area contributed by atoms with Gasteiger partial charge in [0, 0.05) is 179 Å². The lowest BCUT2D eigenvalue weighted by molar-refractivity contribution is -0.135. The van der Waals surface area contributed by atoms with Crippen molar-refractivity contribution in [3.8, 4) is 85.7 Å². The van der Waals surface area contributed by atoms with E-state index in [4.69, 9.17) is 5.73 Å². The van der Waals surface area contributed by atoms with Gasteiger partial charge in [-0.15, -0.1) is 30.6 Å². The predicted molar refractivity (Wildman–Crippen MR) is 461 cm³/mol. The molecule has 0 radical (unpaired) electrons. The topological polar surface area (TPSA) is 432 Å². The number of hydrogen-bond donors (Lipinski definition) is 10. The minimum atomic E-state index is -1.18. The largest absolute Gasteiger partial charge is 0.508 e. The van der Waals surface area contributed by atoms with Crippen molar-refractivity contribution in [1.82, 2.24) is 89.6 Å². The van der Waals surface area contributed by atoms with Crippen molar-refractivity contribution in [3.05, 3.63) is 160 Å². The van der Waals surface area contributed by atoms with E-state index < -0.39 is 29.8 Å². The molecule has 3 aliphatic heterocycles. The first-order valence-electron chi connectivity index (χ1n) is 42.5. The van der Waals surface area contributed by atoms with Crippen LogP contribution in [0.1, 0.15) is 203 Å². The number of Topliss-reactive ketones (excluding diaryl/α,β-unsaturated/α-hetero) is 2. The van der Waals surface area contributed by atoms with Gasteiger partial charge in [0.05, 0.1) is 28.8 Å². The minimum absolute atomic E-state index is 0.0132. The van der Waals surface area contributed by atoms with E-state index in [0.29, 0.717) is 168 Å². The molecule has 6 aromatic carbocycles. The molecule has 6 heterocycles. The Kier molecular flexibility index (Phi) is 29.6. The molecule has 33 nitrogen and oxygen atoms in total. The second-order valence-electron chi connectivity index (χ2n) is 32.7. The number of nitrogens with zero attached hydrogens (tertiary/aromatic N) is 15. The number of aromatic nitrogens is 9. The van der Waals surface area contributed by atoms with Crippen LogP contribution in [0.15, 0.2) is 109 Å². The van der Waals surface area contributed by atoms with Crippen molar-refractivity contribution in [2.75, 3.05) is 91.6 Å². The van der Waals surface area contributed by atoms with E-state index in [1.165, 1.54) is 18.2 Å². The molecular formula is C90H113N19O14. The molecule has 2 atom stereocenters. The summed E-state index contributed by atoms with van der Waals surface area (Å²) >= 11 is 0. The molecule has 0 saturated carbocycles. The monoisotopic (exact) mass is 1680 g/mol. The molecule has 6 amide bonds. The molecule has 3 fully saturated rings. The number of phenolic OH excluding ortho intramolecular Hbond substituents is 6. The van der Waals surface area contributed by atoms with E-state index in [-0.39, 0.29) is 168 Å².